The molecular weight excluding hydrogens is 376 g/mol. The highest BCUT2D eigenvalue weighted by molar-refractivity contribution is 7.17. The molecule has 136 valence electrons. The molecule has 0 fully saturated rings. The van der Waals surface area contributed by atoms with Gasteiger partial charge in [-0.3, -0.25) is 14.7 Å². The van der Waals surface area contributed by atoms with Crippen molar-refractivity contribution in [1.82, 2.24) is 0 Å². The predicted octanol–water partition coefficient (Wildman–Crippen LogP) is 5.40. The topological polar surface area (TPSA) is 32.7 Å². The number of anilines is 1. The maximum atomic E-state index is 13.0. The summed E-state index contributed by atoms with van der Waals surface area (Å²) in [5.74, 6) is 0.00315. The molecule has 0 N–H and O–H groups in total. The Kier molecular flexibility index (Phi) is 4.85. The highest BCUT2D eigenvalue weighted by Gasteiger charge is 2.30. The zero-order chi connectivity index (χ0) is 19.0. The lowest BCUT2D eigenvalue weighted by atomic mass is 9.99. The maximum Gasteiger partial charge on any atom is 0.249 e. The number of aryl methyl sites for hydroxylation is 1. The molecule has 0 unspecified atom stereocenters. The van der Waals surface area contributed by atoms with E-state index in [1.54, 1.807) is 11.3 Å². The maximum absolute atomic E-state index is 13.0. The molecule has 5 heteroatoms. The summed E-state index contributed by atoms with van der Waals surface area (Å²) in [6.45, 7) is 4.84. The number of hydrogen-bond donors (Lipinski definition) is 0. The fourth-order valence-corrected chi connectivity index (χ4v) is 4.70. The molecule has 0 atom stereocenters. The van der Waals surface area contributed by atoms with E-state index in [0.29, 0.717) is 11.6 Å². The zero-order valence-electron chi connectivity index (χ0n) is 15.2. The van der Waals surface area contributed by atoms with Crippen LogP contribution in [0.25, 0.3) is 0 Å². The third-order valence-corrected chi connectivity index (χ3v) is 6.39. The van der Waals surface area contributed by atoms with E-state index in [2.05, 4.69) is 13.8 Å². The van der Waals surface area contributed by atoms with Gasteiger partial charge in [-0.15, -0.1) is 11.3 Å². The number of carbonyl (C=O) groups is 1. The van der Waals surface area contributed by atoms with Crippen LogP contribution in [-0.2, 0) is 11.3 Å². The molecule has 0 saturated heterocycles. The highest BCUT2D eigenvalue weighted by Crippen LogP contribution is 2.40. The molecule has 1 aliphatic rings. The van der Waals surface area contributed by atoms with E-state index >= 15 is 0 Å². The fraction of sp³-hybridized carbons (Fsp3) is 0.182. The quantitative estimate of drug-likeness (QED) is 0.585. The lowest BCUT2D eigenvalue weighted by Crippen LogP contribution is -2.31. The standard InChI is InChI=1S/C22H19ClN2OS/c1-14-15(2)27-22-20(14)21(17-10-6-7-11-18(17)23)24-12-19(26)25(22)13-16-8-4-3-5-9-16/h3-11H,12-13H2,1-2H3. The van der Waals surface area contributed by atoms with Crippen LogP contribution in [0, 0.1) is 13.8 Å². The minimum Gasteiger partial charge on any atom is -0.297 e. The van der Waals surface area contributed by atoms with Crippen LogP contribution in [0.15, 0.2) is 59.6 Å². The van der Waals surface area contributed by atoms with Crippen LogP contribution in [0.4, 0.5) is 5.00 Å². The van der Waals surface area contributed by atoms with E-state index in [1.807, 2.05) is 59.5 Å². The van der Waals surface area contributed by atoms with Gasteiger partial charge in [0.05, 0.1) is 12.3 Å². The number of amides is 1. The second kappa shape index (κ2) is 7.29. The van der Waals surface area contributed by atoms with Crippen molar-refractivity contribution in [2.24, 2.45) is 4.99 Å². The summed E-state index contributed by atoms with van der Waals surface area (Å²) in [6, 6.07) is 17.7. The Morgan fingerprint density at radius 1 is 1.07 bits per heavy atom. The number of rotatable bonds is 3. The Balaban J connectivity index is 1.87. The van der Waals surface area contributed by atoms with Gasteiger partial charge in [0.25, 0.3) is 0 Å². The van der Waals surface area contributed by atoms with Crippen molar-refractivity contribution in [3.63, 3.8) is 0 Å². The summed E-state index contributed by atoms with van der Waals surface area (Å²) in [5, 5.41) is 1.60. The molecule has 0 saturated carbocycles. The summed E-state index contributed by atoms with van der Waals surface area (Å²) >= 11 is 8.11. The number of thiophene rings is 1. The Labute approximate surface area is 167 Å². The lowest BCUT2D eigenvalue weighted by Gasteiger charge is -2.21. The van der Waals surface area contributed by atoms with Crippen LogP contribution in [0.5, 0.6) is 0 Å². The van der Waals surface area contributed by atoms with Crippen LogP contribution in [-0.4, -0.2) is 18.2 Å². The minimum atomic E-state index is 0.00315. The van der Waals surface area contributed by atoms with Crippen molar-refractivity contribution in [2.75, 3.05) is 11.4 Å². The van der Waals surface area contributed by atoms with Gasteiger partial charge in [0, 0.05) is 21.0 Å². The van der Waals surface area contributed by atoms with E-state index in [0.717, 1.165) is 33.0 Å². The Morgan fingerprint density at radius 3 is 2.52 bits per heavy atom. The number of aliphatic imine (C=N–C) groups is 1. The molecule has 0 radical (unpaired) electrons. The zero-order valence-corrected chi connectivity index (χ0v) is 16.8. The van der Waals surface area contributed by atoms with Gasteiger partial charge in [-0.2, -0.15) is 0 Å². The second-order valence-corrected chi connectivity index (χ2v) is 8.18. The van der Waals surface area contributed by atoms with Gasteiger partial charge in [0.15, 0.2) is 0 Å². The van der Waals surface area contributed by atoms with Crippen molar-refractivity contribution in [3.8, 4) is 0 Å². The normalized spacial score (nSPS) is 14.0. The van der Waals surface area contributed by atoms with Crippen LogP contribution in [0.2, 0.25) is 5.02 Å². The largest absolute Gasteiger partial charge is 0.297 e. The molecule has 1 aliphatic heterocycles. The number of hydrogen-bond acceptors (Lipinski definition) is 3. The van der Waals surface area contributed by atoms with Gasteiger partial charge in [-0.25, -0.2) is 0 Å². The van der Waals surface area contributed by atoms with Gasteiger partial charge in [0.2, 0.25) is 5.91 Å². The number of carbonyl (C=O) groups excluding carboxylic acids is 1. The van der Waals surface area contributed by atoms with Crippen molar-refractivity contribution in [2.45, 2.75) is 20.4 Å². The molecule has 0 spiro atoms. The fourth-order valence-electron chi connectivity index (χ4n) is 3.30. The van der Waals surface area contributed by atoms with Crippen molar-refractivity contribution in [1.29, 1.82) is 0 Å². The summed E-state index contributed by atoms with van der Waals surface area (Å²) in [7, 11) is 0. The van der Waals surface area contributed by atoms with Gasteiger partial charge >= 0.3 is 0 Å². The smallest absolute Gasteiger partial charge is 0.249 e. The molecule has 1 amide bonds. The molecule has 3 aromatic rings. The van der Waals surface area contributed by atoms with E-state index in [9.17, 15) is 4.79 Å². The molecule has 2 aromatic carbocycles. The number of halogens is 1. The monoisotopic (exact) mass is 394 g/mol. The Hall–Kier alpha value is -2.43. The summed E-state index contributed by atoms with van der Waals surface area (Å²) in [4.78, 5) is 20.7. The molecule has 2 heterocycles. The van der Waals surface area contributed by atoms with E-state index in [4.69, 9.17) is 16.6 Å². The minimum absolute atomic E-state index is 0.00315. The molecular formula is C22H19ClN2OS. The van der Waals surface area contributed by atoms with Gasteiger partial charge in [0.1, 0.15) is 11.5 Å². The van der Waals surface area contributed by atoms with Gasteiger partial charge < -0.3 is 0 Å². The molecule has 1 aromatic heterocycles. The van der Waals surface area contributed by atoms with Crippen molar-refractivity contribution < 1.29 is 4.79 Å². The Bertz CT molecular complexity index is 1040. The second-order valence-electron chi connectivity index (χ2n) is 6.57. The van der Waals surface area contributed by atoms with Gasteiger partial charge in [-0.1, -0.05) is 60.1 Å². The predicted molar refractivity (Wildman–Crippen MR) is 113 cm³/mol. The molecule has 0 bridgehead atoms. The van der Waals surface area contributed by atoms with Crippen LogP contribution in [0.3, 0.4) is 0 Å². The lowest BCUT2D eigenvalue weighted by molar-refractivity contribution is -0.117. The van der Waals surface area contributed by atoms with Crippen molar-refractivity contribution >= 4 is 39.6 Å². The first-order chi connectivity index (χ1) is 13.1. The first kappa shape index (κ1) is 18.0. The molecule has 27 heavy (non-hydrogen) atoms. The molecule has 3 nitrogen and oxygen atoms in total. The van der Waals surface area contributed by atoms with Gasteiger partial charge in [-0.05, 0) is 31.0 Å². The SMILES string of the molecule is Cc1sc2c(c1C)C(c1ccccc1Cl)=NCC(=O)N2Cc1ccccc1. The average molecular weight is 395 g/mol. The van der Waals surface area contributed by atoms with E-state index in [1.165, 1.54) is 4.88 Å². The van der Waals surface area contributed by atoms with Crippen molar-refractivity contribution in [3.05, 3.63) is 86.8 Å². The third kappa shape index (κ3) is 3.31. The van der Waals surface area contributed by atoms with E-state index in [-0.39, 0.29) is 12.5 Å². The first-order valence-corrected chi connectivity index (χ1v) is 9.99. The van der Waals surface area contributed by atoms with Crippen LogP contribution < -0.4 is 4.90 Å². The van der Waals surface area contributed by atoms with E-state index < -0.39 is 0 Å². The average Bonchev–Trinajstić information content (AvgIpc) is 2.89. The summed E-state index contributed by atoms with van der Waals surface area (Å²) < 4.78 is 0. The highest BCUT2D eigenvalue weighted by atomic mass is 35.5. The number of benzene rings is 2. The molecule has 0 aliphatic carbocycles. The van der Waals surface area contributed by atoms with Crippen LogP contribution in [0.1, 0.15) is 27.1 Å². The van der Waals surface area contributed by atoms with Crippen LogP contribution >= 0.6 is 22.9 Å². The first-order valence-electron chi connectivity index (χ1n) is 8.80. The summed E-state index contributed by atoms with van der Waals surface area (Å²) in [5.41, 5.74) is 4.95. The number of nitrogens with zero attached hydrogens (tertiary/aromatic N) is 2. The Morgan fingerprint density at radius 2 is 1.78 bits per heavy atom. The summed E-state index contributed by atoms with van der Waals surface area (Å²) in [6.07, 6.45) is 0. The third-order valence-electron chi connectivity index (χ3n) is 4.83. The number of fused-ring (bicyclic) bond motifs is 1. The molecule has 4 rings (SSSR count).